The quantitative estimate of drug-likeness (QED) is 0.0613. The van der Waals surface area contributed by atoms with Crippen LogP contribution in [0.4, 0.5) is 4.39 Å². The minimum absolute atomic E-state index is 0.00496. The molecule has 270 valence electrons. The molecule has 0 heterocycles. The summed E-state index contributed by atoms with van der Waals surface area (Å²) in [6.45, 7) is 19.9. The van der Waals surface area contributed by atoms with E-state index in [-0.39, 0.29) is 56.6 Å². The lowest BCUT2D eigenvalue weighted by molar-refractivity contribution is -0.132. The summed E-state index contributed by atoms with van der Waals surface area (Å²) < 4.78 is 40.5. The predicted octanol–water partition coefficient (Wildman–Crippen LogP) is 7.95. The molecule has 0 unspecified atom stereocenters. The zero-order chi connectivity index (χ0) is 39.5. The van der Waals surface area contributed by atoms with Crippen LogP contribution in [0.5, 0.6) is 28.7 Å². The first-order chi connectivity index (χ1) is 25.7. The van der Waals surface area contributed by atoms with Crippen LogP contribution < -0.4 is 23.7 Å². The van der Waals surface area contributed by atoms with Crippen molar-refractivity contribution < 1.29 is 52.0 Å². The van der Waals surface area contributed by atoms with Crippen molar-refractivity contribution in [1.82, 2.24) is 0 Å². The molecule has 11 heteroatoms. The van der Waals surface area contributed by atoms with E-state index in [2.05, 4.69) is 44.7 Å². The van der Waals surface area contributed by atoms with Crippen LogP contribution in [0, 0.1) is 11.8 Å². The lowest BCUT2D eigenvalue weighted by Crippen LogP contribution is -2.10. The lowest BCUT2D eigenvalue weighted by Gasteiger charge is -2.15. The highest BCUT2D eigenvalue weighted by atomic mass is 19.1. The highest BCUT2D eigenvalue weighted by Crippen LogP contribution is 2.40. The standard InChI is InChI=1S/C43H31FO10/c1-8-39(45)50-33-19-21-35(38(24-33)52-40(46)9-2)34-20-11-28(22-37(34)54-42(48)26(5)6)10-12-30-13-14-31(23-36(30)53-43(49)27(7)44)29-15-17-32(18-16-29)51-41(47)25(3)4/h8-9,11,13-24H,1-3,5,7H2,4,6H3. The Labute approximate surface area is 310 Å². The normalized spacial score (nSPS) is 9.98. The molecule has 0 aliphatic heterocycles. The second-order valence-corrected chi connectivity index (χ2v) is 11.2. The second kappa shape index (κ2) is 17.6. The van der Waals surface area contributed by atoms with Gasteiger partial charge in [0.05, 0.1) is 5.56 Å². The Bertz CT molecular complexity index is 2320. The molecule has 0 saturated carbocycles. The number of halogens is 1. The van der Waals surface area contributed by atoms with Crippen LogP contribution in [0.2, 0.25) is 0 Å². The van der Waals surface area contributed by atoms with Crippen molar-refractivity contribution in [3.63, 3.8) is 0 Å². The van der Waals surface area contributed by atoms with Crippen molar-refractivity contribution in [3.8, 4) is 62.8 Å². The summed E-state index contributed by atoms with van der Waals surface area (Å²) in [4.78, 5) is 60.9. The summed E-state index contributed by atoms with van der Waals surface area (Å²) in [5, 5.41) is 0. The van der Waals surface area contributed by atoms with Crippen LogP contribution in [0.25, 0.3) is 22.3 Å². The zero-order valence-corrected chi connectivity index (χ0v) is 29.2. The molecule has 0 saturated heterocycles. The fraction of sp³-hybridized carbons (Fsp3) is 0.0465. The molecule has 0 N–H and O–H groups in total. The largest absolute Gasteiger partial charge is 0.423 e. The summed E-state index contributed by atoms with van der Waals surface area (Å²) in [6, 6.07) is 20.0. The number of carbonyl (C=O) groups excluding carboxylic acids is 5. The van der Waals surface area contributed by atoms with E-state index < -0.39 is 35.7 Å². The van der Waals surface area contributed by atoms with Crippen molar-refractivity contribution in [1.29, 1.82) is 0 Å². The van der Waals surface area contributed by atoms with Crippen molar-refractivity contribution in [2.24, 2.45) is 0 Å². The van der Waals surface area contributed by atoms with E-state index >= 15 is 0 Å². The second-order valence-electron chi connectivity index (χ2n) is 11.2. The van der Waals surface area contributed by atoms with E-state index in [1.807, 2.05) is 0 Å². The van der Waals surface area contributed by atoms with Gasteiger partial charge in [-0.15, -0.1) is 0 Å². The summed E-state index contributed by atoms with van der Waals surface area (Å²) in [6.07, 6.45) is 1.90. The molecule has 0 radical (unpaired) electrons. The van der Waals surface area contributed by atoms with Crippen molar-refractivity contribution in [3.05, 3.63) is 152 Å². The molecule has 0 spiro atoms. The Hall–Kier alpha value is -7.58. The number of hydrogen-bond donors (Lipinski definition) is 0. The minimum atomic E-state index is -1.33. The first-order valence-corrected chi connectivity index (χ1v) is 15.7. The van der Waals surface area contributed by atoms with Gasteiger partial charge in [0.1, 0.15) is 28.7 Å². The number of benzene rings is 4. The Morgan fingerprint density at radius 3 is 1.70 bits per heavy atom. The van der Waals surface area contributed by atoms with Gasteiger partial charge in [-0.25, -0.2) is 24.0 Å². The van der Waals surface area contributed by atoms with Gasteiger partial charge in [-0.05, 0) is 79.6 Å². The molecule has 4 aromatic carbocycles. The van der Waals surface area contributed by atoms with Gasteiger partial charge >= 0.3 is 29.8 Å². The van der Waals surface area contributed by atoms with E-state index in [0.29, 0.717) is 16.7 Å². The summed E-state index contributed by atoms with van der Waals surface area (Å²) in [5.74, 6) is 0.441. The molecule has 0 aromatic heterocycles. The van der Waals surface area contributed by atoms with Crippen molar-refractivity contribution >= 4 is 29.8 Å². The molecular weight excluding hydrogens is 695 g/mol. The Morgan fingerprint density at radius 1 is 0.556 bits per heavy atom. The van der Waals surface area contributed by atoms with Crippen LogP contribution in [0.3, 0.4) is 0 Å². The Kier molecular flexibility index (Phi) is 12.8. The number of esters is 5. The van der Waals surface area contributed by atoms with Gasteiger partial charge in [0, 0.05) is 46.1 Å². The first-order valence-electron chi connectivity index (χ1n) is 15.7. The third-order valence-electron chi connectivity index (χ3n) is 7.03. The average molecular weight is 727 g/mol. The van der Waals surface area contributed by atoms with Gasteiger partial charge in [0.25, 0.3) is 0 Å². The van der Waals surface area contributed by atoms with Crippen LogP contribution in [0.15, 0.2) is 141 Å². The van der Waals surface area contributed by atoms with Gasteiger partial charge in [0.15, 0.2) is 0 Å². The molecule has 0 amide bonds. The Balaban J connectivity index is 1.78. The topological polar surface area (TPSA) is 132 Å². The summed E-state index contributed by atoms with van der Waals surface area (Å²) >= 11 is 0. The highest BCUT2D eigenvalue weighted by molar-refractivity contribution is 5.92. The molecule has 0 atom stereocenters. The van der Waals surface area contributed by atoms with Crippen molar-refractivity contribution in [2.45, 2.75) is 13.8 Å². The molecule has 0 fully saturated rings. The van der Waals surface area contributed by atoms with Gasteiger partial charge in [-0.3, -0.25) is 0 Å². The number of carbonyl (C=O) groups is 5. The van der Waals surface area contributed by atoms with Gasteiger partial charge in [-0.1, -0.05) is 62.9 Å². The summed E-state index contributed by atoms with van der Waals surface area (Å²) in [7, 11) is 0. The predicted molar refractivity (Wildman–Crippen MR) is 198 cm³/mol. The van der Waals surface area contributed by atoms with E-state index in [4.69, 9.17) is 23.7 Å². The number of hydrogen-bond acceptors (Lipinski definition) is 10. The van der Waals surface area contributed by atoms with Crippen LogP contribution in [0.1, 0.15) is 25.0 Å². The average Bonchev–Trinajstić information content (AvgIpc) is 3.14. The van der Waals surface area contributed by atoms with Crippen LogP contribution in [-0.2, 0) is 24.0 Å². The van der Waals surface area contributed by atoms with E-state index in [1.165, 1.54) is 44.2 Å². The van der Waals surface area contributed by atoms with Crippen molar-refractivity contribution in [2.75, 3.05) is 0 Å². The zero-order valence-electron chi connectivity index (χ0n) is 29.2. The number of ether oxygens (including phenoxy) is 5. The third kappa shape index (κ3) is 10.2. The molecule has 4 aromatic rings. The fourth-order valence-corrected chi connectivity index (χ4v) is 4.37. The van der Waals surface area contributed by atoms with Gasteiger partial charge in [0.2, 0.25) is 5.83 Å². The molecule has 4 rings (SSSR count). The van der Waals surface area contributed by atoms with E-state index in [1.54, 1.807) is 48.5 Å². The third-order valence-corrected chi connectivity index (χ3v) is 7.03. The molecule has 0 bridgehead atoms. The molecule has 0 aliphatic carbocycles. The maximum absolute atomic E-state index is 13.7. The van der Waals surface area contributed by atoms with E-state index in [9.17, 15) is 28.4 Å². The molecular formula is C43H31FO10. The molecule has 10 nitrogen and oxygen atoms in total. The van der Waals surface area contributed by atoms with Gasteiger partial charge in [-0.2, -0.15) is 4.39 Å². The maximum Gasteiger partial charge on any atom is 0.371 e. The van der Waals surface area contributed by atoms with Crippen LogP contribution in [-0.4, -0.2) is 29.8 Å². The van der Waals surface area contributed by atoms with Crippen LogP contribution >= 0.6 is 0 Å². The lowest BCUT2D eigenvalue weighted by atomic mass is 10.0. The number of rotatable bonds is 12. The first kappa shape index (κ1) is 39.2. The van der Waals surface area contributed by atoms with Gasteiger partial charge < -0.3 is 23.7 Å². The molecule has 54 heavy (non-hydrogen) atoms. The molecule has 0 aliphatic rings. The van der Waals surface area contributed by atoms with E-state index in [0.717, 1.165) is 12.2 Å². The Morgan fingerprint density at radius 2 is 1.09 bits per heavy atom. The maximum atomic E-state index is 13.7. The highest BCUT2D eigenvalue weighted by Gasteiger charge is 2.19. The SMILES string of the molecule is C=CC(=O)Oc1ccc(-c2ccc(C#Cc3ccc(-c4ccc(OC(=O)C(=C)C)cc4)cc3OC(=O)C(=C)F)cc2OC(=O)C(=C)C)c(OC(=O)C=C)c1. The fourth-order valence-electron chi connectivity index (χ4n) is 4.37. The monoisotopic (exact) mass is 726 g/mol. The summed E-state index contributed by atoms with van der Waals surface area (Å²) in [5.41, 5.74) is 2.58. The minimum Gasteiger partial charge on any atom is -0.423 e. The smallest absolute Gasteiger partial charge is 0.371 e.